The maximum Gasteiger partial charge on any atom is 0.289 e. The lowest BCUT2D eigenvalue weighted by Crippen LogP contribution is -2.56. The first-order valence-corrected chi connectivity index (χ1v) is 5.40. The van der Waals surface area contributed by atoms with E-state index in [-0.39, 0.29) is 23.3 Å². The molecule has 0 aromatic rings. The molecule has 1 aliphatic rings. The molecule has 4 nitrogen and oxygen atoms in total. The molecule has 0 aliphatic carbocycles. The average Bonchev–Trinajstić information content (AvgIpc) is 2.65. The van der Waals surface area contributed by atoms with Gasteiger partial charge in [-0.15, -0.1) is 0 Å². The number of carbonyl (C=O) groups is 2. The molecule has 1 aliphatic heterocycles. The lowest BCUT2D eigenvalue weighted by Gasteiger charge is -2.37. The van der Waals surface area contributed by atoms with Crippen LogP contribution in [-0.2, 0) is 9.59 Å². The highest BCUT2D eigenvalue weighted by atomic mass is 16.2. The molecule has 1 rings (SSSR count). The molecule has 86 valence electrons. The van der Waals surface area contributed by atoms with Crippen LogP contribution in [0.2, 0.25) is 0 Å². The van der Waals surface area contributed by atoms with Gasteiger partial charge in [0.05, 0.1) is 0 Å². The van der Waals surface area contributed by atoms with Crippen LogP contribution in [0.15, 0.2) is 0 Å². The highest BCUT2D eigenvalue weighted by Crippen LogP contribution is 2.26. The molecule has 1 heterocycles. The Morgan fingerprint density at radius 3 is 2.47 bits per heavy atom. The van der Waals surface area contributed by atoms with Gasteiger partial charge < -0.3 is 10.2 Å². The Hall–Kier alpha value is -0.900. The first-order valence-electron chi connectivity index (χ1n) is 5.40. The summed E-state index contributed by atoms with van der Waals surface area (Å²) in [6.07, 6.45) is 1.95. The summed E-state index contributed by atoms with van der Waals surface area (Å²) in [4.78, 5) is 24.5. The number of ketones is 1. The molecule has 0 saturated carbocycles. The summed E-state index contributed by atoms with van der Waals surface area (Å²) in [5, 5.41) is 3.20. The molecule has 1 saturated heterocycles. The third kappa shape index (κ3) is 2.37. The minimum Gasteiger partial charge on any atom is -0.331 e. The Morgan fingerprint density at radius 1 is 1.40 bits per heavy atom. The molecule has 1 amide bonds. The third-order valence-corrected chi connectivity index (χ3v) is 3.29. The molecule has 1 unspecified atom stereocenters. The van der Waals surface area contributed by atoms with Crippen LogP contribution in [-0.4, -0.2) is 41.8 Å². The second-order valence-electron chi connectivity index (χ2n) is 4.68. The van der Waals surface area contributed by atoms with E-state index in [0.717, 1.165) is 12.8 Å². The minimum atomic E-state index is -0.367. The molecule has 15 heavy (non-hydrogen) atoms. The zero-order chi connectivity index (χ0) is 11.6. The molecule has 0 aromatic heterocycles. The SMILES string of the molecule is CNC(C)(C)C1CCCN1C(=O)C(C)=O. The number of nitrogens with zero attached hydrogens (tertiary/aromatic N) is 1. The lowest BCUT2D eigenvalue weighted by atomic mass is 9.92. The quantitative estimate of drug-likeness (QED) is 0.696. The Bertz CT molecular complexity index is 274. The average molecular weight is 212 g/mol. The van der Waals surface area contributed by atoms with Gasteiger partial charge in [0.1, 0.15) is 0 Å². The van der Waals surface area contributed by atoms with E-state index in [4.69, 9.17) is 0 Å². The van der Waals surface area contributed by atoms with Gasteiger partial charge in [-0.2, -0.15) is 0 Å². The van der Waals surface area contributed by atoms with Gasteiger partial charge >= 0.3 is 0 Å². The van der Waals surface area contributed by atoms with Crippen LogP contribution in [0.25, 0.3) is 0 Å². The number of nitrogens with one attached hydrogen (secondary N) is 1. The number of rotatable bonds is 3. The summed E-state index contributed by atoms with van der Waals surface area (Å²) < 4.78 is 0. The van der Waals surface area contributed by atoms with Crippen molar-refractivity contribution in [1.29, 1.82) is 0 Å². The molecule has 1 N–H and O–H groups in total. The first-order chi connectivity index (χ1) is 6.90. The minimum absolute atomic E-state index is 0.124. The standard InChI is InChI=1S/C11H20N2O2/c1-8(14)10(15)13-7-5-6-9(13)11(2,3)12-4/h9,12H,5-7H2,1-4H3. The van der Waals surface area contributed by atoms with Gasteiger partial charge in [0.25, 0.3) is 5.91 Å². The van der Waals surface area contributed by atoms with E-state index in [1.165, 1.54) is 6.92 Å². The Balaban J connectivity index is 2.82. The molecule has 1 atom stereocenters. The van der Waals surface area contributed by atoms with Crippen LogP contribution in [0.4, 0.5) is 0 Å². The molecule has 1 fully saturated rings. The number of hydrogen-bond donors (Lipinski definition) is 1. The normalized spacial score (nSPS) is 21.9. The van der Waals surface area contributed by atoms with E-state index in [1.54, 1.807) is 4.90 Å². The van der Waals surface area contributed by atoms with Crippen molar-refractivity contribution >= 4 is 11.7 Å². The van der Waals surface area contributed by atoms with Crippen molar-refractivity contribution in [1.82, 2.24) is 10.2 Å². The zero-order valence-electron chi connectivity index (χ0n) is 9.96. The molecule has 4 heteroatoms. The van der Waals surface area contributed by atoms with Crippen LogP contribution < -0.4 is 5.32 Å². The van der Waals surface area contributed by atoms with Gasteiger partial charge in [-0.05, 0) is 33.7 Å². The van der Waals surface area contributed by atoms with Gasteiger partial charge in [0.15, 0.2) is 0 Å². The van der Waals surface area contributed by atoms with E-state index in [2.05, 4.69) is 19.2 Å². The summed E-state index contributed by atoms with van der Waals surface area (Å²) in [6, 6.07) is 0.124. The largest absolute Gasteiger partial charge is 0.331 e. The van der Waals surface area contributed by atoms with Crippen LogP contribution in [0.5, 0.6) is 0 Å². The van der Waals surface area contributed by atoms with Crippen molar-refractivity contribution in [2.45, 2.75) is 45.2 Å². The van der Waals surface area contributed by atoms with E-state index < -0.39 is 0 Å². The molecular weight excluding hydrogens is 192 g/mol. The number of amides is 1. The van der Waals surface area contributed by atoms with Crippen molar-refractivity contribution in [2.24, 2.45) is 0 Å². The van der Waals surface area contributed by atoms with E-state index in [1.807, 2.05) is 7.05 Å². The van der Waals surface area contributed by atoms with Crippen LogP contribution in [0.3, 0.4) is 0 Å². The number of likely N-dealkylation sites (tertiary alicyclic amines) is 1. The highest BCUT2D eigenvalue weighted by Gasteiger charge is 2.39. The monoisotopic (exact) mass is 212 g/mol. The molecule has 0 spiro atoms. The summed E-state index contributed by atoms with van der Waals surface area (Å²) in [5.41, 5.74) is -0.137. The predicted octanol–water partition coefficient (Wildman–Crippen LogP) is 0.564. The van der Waals surface area contributed by atoms with Crippen molar-refractivity contribution in [3.8, 4) is 0 Å². The van der Waals surface area contributed by atoms with E-state index in [0.29, 0.717) is 6.54 Å². The molecule has 0 radical (unpaired) electrons. The number of Topliss-reactive ketones (excluding diaryl/α,β-unsaturated/α-hetero) is 1. The first kappa shape index (κ1) is 12.2. The van der Waals surface area contributed by atoms with Crippen molar-refractivity contribution in [2.75, 3.05) is 13.6 Å². The Labute approximate surface area is 91.0 Å². The van der Waals surface area contributed by atoms with Gasteiger partial charge in [0.2, 0.25) is 5.78 Å². The maximum atomic E-state index is 11.7. The topological polar surface area (TPSA) is 49.4 Å². The van der Waals surface area contributed by atoms with Gasteiger partial charge in [-0.1, -0.05) is 0 Å². The highest BCUT2D eigenvalue weighted by molar-refractivity contribution is 6.35. The second kappa shape index (κ2) is 4.31. The number of hydrogen-bond acceptors (Lipinski definition) is 3. The fourth-order valence-corrected chi connectivity index (χ4v) is 2.13. The third-order valence-electron chi connectivity index (χ3n) is 3.29. The Kier molecular flexibility index (Phi) is 3.50. The van der Waals surface area contributed by atoms with Crippen molar-refractivity contribution in [3.63, 3.8) is 0 Å². The van der Waals surface area contributed by atoms with Gasteiger partial charge in [0, 0.05) is 25.0 Å². The van der Waals surface area contributed by atoms with Crippen LogP contribution in [0.1, 0.15) is 33.6 Å². The lowest BCUT2D eigenvalue weighted by molar-refractivity contribution is -0.145. The van der Waals surface area contributed by atoms with Crippen molar-refractivity contribution < 1.29 is 9.59 Å². The maximum absolute atomic E-state index is 11.7. The van der Waals surface area contributed by atoms with Gasteiger partial charge in [-0.25, -0.2) is 0 Å². The fourth-order valence-electron chi connectivity index (χ4n) is 2.13. The van der Waals surface area contributed by atoms with E-state index >= 15 is 0 Å². The molecular formula is C11H20N2O2. The van der Waals surface area contributed by atoms with Gasteiger partial charge in [-0.3, -0.25) is 9.59 Å². The van der Waals surface area contributed by atoms with Crippen molar-refractivity contribution in [3.05, 3.63) is 0 Å². The molecule has 0 bridgehead atoms. The van der Waals surface area contributed by atoms with Crippen LogP contribution in [0, 0.1) is 0 Å². The van der Waals surface area contributed by atoms with Crippen LogP contribution >= 0.6 is 0 Å². The fraction of sp³-hybridized carbons (Fsp3) is 0.818. The summed E-state index contributed by atoms with van der Waals surface area (Å²) in [7, 11) is 1.88. The zero-order valence-corrected chi connectivity index (χ0v) is 9.96. The Morgan fingerprint density at radius 2 is 2.00 bits per heavy atom. The number of likely N-dealkylation sites (N-methyl/N-ethyl adjacent to an activating group) is 1. The summed E-state index contributed by atoms with van der Waals surface area (Å²) in [6.45, 7) is 6.16. The van der Waals surface area contributed by atoms with E-state index in [9.17, 15) is 9.59 Å². The smallest absolute Gasteiger partial charge is 0.289 e. The second-order valence-corrected chi connectivity index (χ2v) is 4.68. The predicted molar refractivity (Wildman–Crippen MR) is 58.6 cm³/mol. The number of carbonyl (C=O) groups excluding carboxylic acids is 2. The molecule has 0 aromatic carbocycles. The summed E-state index contributed by atoms with van der Waals surface area (Å²) >= 11 is 0. The summed E-state index contributed by atoms with van der Waals surface area (Å²) in [5.74, 6) is -0.713.